The standard InChI is InChI=1S/C13H16FN3S/c1-2-9-5-6-10(18-9)8-12(17-15)13-11(14)4-3-7-16-13/h3-7,12,17H,2,8,15H2,1H3. The van der Waals surface area contributed by atoms with Crippen LogP contribution in [0.2, 0.25) is 0 Å². The maximum Gasteiger partial charge on any atom is 0.146 e. The minimum atomic E-state index is -0.326. The minimum Gasteiger partial charge on any atom is -0.271 e. The van der Waals surface area contributed by atoms with Gasteiger partial charge in [-0.2, -0.15) is 0 Å². The molecule has 3 nitrogen and oxygen atoms in total. The van der Waals surface area contributed by atoms with Gasteiger partial charge in [-0.15, -0.1) is 11.3 Å². The van der Waals surface area contributed by atoms with Crippen molar-refractivity contribution in [3.8, 4) is 0 Å². The number of nitrogens with two attached hydrogens (primary N) is 1. The Morgan fingerprint density at radius 3 is 2.78 bits per heavy atom. The molecule has 2 rings (SSSR count). The predicted molar refractivity (Wildman–Crippen MR) is 71.7 cm³/mol. The normalized spacial score (nSPS) is 12.6. The second-order valence-corrected chi connectivity index (χ2v) is 5.27. The molecule has 5 heteroatoms. The highest BCUT2D eigenvalue weighted by Gasteiger charge is 2.17. The van der Waals surface area contributed by atoms with Crippen LogP contribution in [0.25, 0.3) is 0 Å². The highest BCUT2D eigenvalue weighted by molar-refractivity contribution is 7.11. The molecule has 0 aliphatic carbocycles. The molecule has 2 heterocycles. The van der Waals surface area contributed by atoms with E-state index in [1.807, 2.05) is 0 Å². The fourth-order valence-electron chi connectivity index (χ4n) is 1.81. The number of pyridine rings is 1. The molecule has 18 heavy (non-hydrogen) atoms. The van der Waals surface area contributed by atoms with Crippen molar-refractivity contribution in [3.63, 3.8) is 0 Å². The zero-order chi connectivity index (χ0) is 13.0. The van der Waals surface area contributed by atoms with E-state index in [-0.39, 0.29) is 11.9 Å². The maximum absolute atomic E-state index is 13.6. The number of nitrogens with one attached hydrogen (secondary N) is 1. The summed E-state index contributed by atoms with van der Waals surface area (Å²) in [4.78, 5) is 6.56. The number of hydrogen-bond acceptors (Lipinski definition) is 4. The van der Waals surface area contributed by atoms with Gasteiger partial charge in [-0.3, -0.25) is 16.3 Å². The number of hydrazine groups is 1. The molecule has 1 atom stereocenters. The predicted octanol–water partition coefficient (Wildman–Crippen LogP) is 2.59. The molecule has 0 saturated heterocycles. The fourth-order valence-corrected chi connectivity index (χ4v) is 2.82. The van der Waals surface area contributed by atoms with Crippen molar-refractivity contribution in [1.82, 2.24) is 10.4 Å². The Kier molecular flexibility index (Phi) is 4.41. The van der Waals surface area contributed by atoms with Crippen molar-refractivity contribution in [2.45, 2.75) is 25.8 Å². The maximum atomic E-state index is 13.6. The van der Waals surface area contributed by atoms with Crippen LogP contribution < -0.4 is 11.3 Å². The van der Waals surface area contributed by atoms with E-state index in [0.717, 1.165) is 6.42 Å². The lowest BCUT2D eigenvalue weighted by Gasteiger charge is -2.14. The molecule has 3 N–H and O–H groups in total. The summed E-state index contributed by atoms with van der Waals surface area (Å²) in [5.41, 5.74) is 3.01. The van der Waals surface area contributed by atoms with Crippen molar-refractivity contribution in [2.24, 2.45) is 5.84 Å². The van der Waals surface area contributed by atoms with Crippen LogP contribution in [0.15, 0.2) is 30.5 Å². The molecule has 96 valence electrons. The van der Waals surface area contributed by atoms with Gasteiger partial charge in [0, 0.05) is 22.4 Å². The molecule has 0 aliphatic heterocycles. The van der Waals surface area contributed by atoms with Gasteiger partial charge in [-0.05, 0) is 30.7 Å². The van der Waals surface area contributed by atoms with Crippen molar-refractivity contribution >= 4 is 11.3 Å². The Morgan fingerprint density at radius 2 is 2.17 bits per heavy atom. The molecule has 0 fully saturated rings. The van der Waals surface area contributed by atoms with Crippen LogP contribution in [0, 0.1) is 5.82 Å². The van der Waals surface area contributed by atoms with Gasteiger partial charge in [0.15, 0.2) is 0 Å². The van der Waals surface area contributed by atoms with E-state index in [1.165, 1.54) is 15.8 Å². The van der Waals surface area contributed by atoms with Gasteiger partial charge in [0.25, 0.3) is 0 Å². The van der Waals surface area contributed by atoms with Crippen molar-refractivity contribution in [2.75, 3.05) is 0 Å². The summed E-state index contributed by atoms with van der Waals surface area (Å²) in [6, 6.07) is 6.84. The lowest BCUT2D eigenvalue weighted by atomic mass is 10.1. The zero-order valence-electron chi connectivity index (χ0n) is 10.2. The van der Waals surface area contributed by atoms with E-state index < -0.39 is 0 Å². The number of hydrogen-bond donors (Lipinski definition) is 2. The van der Waals surface area contributed by atoms with E-state index in [9.17, 15) is 4.39 Å². The van der Waals surface area contributed by atoms with Crippen LogP contribution >= 0.6 is 11.3 Å². The van der Waals surface area contributed by atoms with E-state index in [4.69, 9.17) is 5.84 Å². The first-order valence-corrected chi connectivity index (χ1v) is 6.70. The summed E-state index contributed by atoms with van der Waals surface area (Å²) in [5.74, 6) is 5.18. The van der Waals surface area contributed by atoms with Crippen molar-refractivity contribution < 1.29 is 4.39 Å². The Hall–Kier alpha value is -1.30. The molecule has 0 bridgehead atoms. The summed E-state index contributed by atoms with van der Waals surface area (Å²) in [5, 5.41) is 0. The van der Waals surface area contributed by atoms with E-state index in [0.29, 0.717) is 12.1 Å². The first kappa shape index (κ1) is 13.1. The molecule has 0 spiro atoms. The molecule has 2 aromatic heterocycles. The van der Waals surface area contributed by atoms with E-state index >= 15 is 0 Å². The number of aromatic nitrogens is 1. The Morgan fingerprint density at radius 1 is 1.39 bits per heavy atom. The molecule has 0 aromatic carbocycles. The summed E-state index contributed by atoms with van der Waals surface area (Å²) in [6.07, 6.45) is 3.24. The number of aryl methyl sites for hydroxylation is 1. The van der Waals surface area contributed by atoms with Crippen LogP contribution in [0.4, 0.5) is 4.39 Å². The molecule has 0 saturated carbocycles. The molecule has 2 aromatic rings. The highest BCUT2D eigenvalue weighted by Crippen LogP contribution is 2.24. The zero-order valence-corrected chi connectivity index (χ0v) is 11.0. The number of thiophene rings is 1. The number of nitrogens with zero attached hydrogens (tertiary/aromatic N) is 1. The van der Waals surface area contributed by atoms with Crippen LogP contribution in [-0.2, 0) is 12.8 Å². The monoisotopic (exact) mass is 265 g/mol. The Bertz CT molecular complexity index is 512. The number of halogens is 1. The second-order valence-electron chi connectivity index (χ2n) is 4.02. The molecular weight excluding hydrogens is 249 g/mol. The quantitative estimate of drug-likeness (QED) is 0.645. The van der Waals surface area contributed by atoms with Gasteiger partial charge in [0.1, 0.15) is 5.82 Å². The van der Waals surface area contributed by atoms with Gasteiger partial charge < -0.3 is 0 Å². The second kappa shape index (κ2) is 6.04. The highest BCUT2D eigenvalue weighted by atomic mass is 32.1. The average Bonchev–Trinajstić information content (AvgIpc) is 2.85. The lowest BCUT2D eigenvalue weighted by molar-refractivity contribution is 0.497. The first-order valence-electron chi connectivity index (χ1n) is 5.88. The van der Waals surface area contributed by atoms with Gasteiger partial charge in [0.05, 0.1) is 11.7 Å². The topological polar surface area (TPSA) is 50.9 Å². The largest absolute Gasteiger partial charge is 0.271 e. The smallest absolute Gasteiger partial charge is 0.146 e. The Labute approximate surface area is 110 Å². The lowest BCUT2D eigenvalue weighted by Crippen LogP contribution is -2.30. The molecule has 0 aliphatic rings. The van der Waals surface area contributed by atoms with Gasteiger partial charge in [-0.1, -0.05) is 6.92 Å². The summed E-state index contributed by atoms with van der Waals surface area (Å²) < 4.78 is 13.6. The first-order chi connectivity index (χ1) is 8.74. The summed E-state index contributed by atoms with van der Waals surface area (Å²) in [6.45, 7) is 2.12. The molecular formula is C13H16FN3S. The molecule has 0 radical (unpaired) electrons. The van der Waals surface area contributed by atoms with Gasteiger partial charge in [0.2, 0.25) is 0 Å². The van der Waals surface area contributed by atoms with Gasteiger partial charge in [-0.25, -0.2) is 4.39 Å². The van der Waals surface area contributed by atoms with Crippen LogP contribution in [0.1, 0.15) is 28.4 Å². The minimum absolute atomic E-state index is 0.297. The third-order valence-corrected chi connectivity index (χ3v) is 4.04. The summed E-state index contributed by atoms with van der Waals surface area (Å²) in [7, 11) is 0. The van der Waals surface area contributed by atoms with Crippen LogP contribution in [-0.4, -0.2) is 4.98 Å². The third-order valence-electron chi connectivity index (χ3n) is 2.79. The fraction of sp³-hybridized carbons (Fsp3) is 0.308. The van der Waals surface area contributed by atoms with Crippen molar-refractivity contribution in [1.29, 1.82) is 0 Å². The SMILES string of the molecule is CCc1ccc(CC(NN)c2ncccc2F)s1. The van der Waals surface area contributed by atoms with Crippen LogP contribution in [0.5, 0.6) is 0 Å². The van der Waals surface area contributed by atoms with E-state index in [1.54, 1.807) is 23.6 Å². The Balaban J connectivity index is 2.17. The third kappa shape index (κ3) is 2.93. The molecule has 0 amide bonds. The van der Waals surface area contributed by atoms with E-state index in [2.05, 4.69) is 29.5 Å². The number of rotatable bonds is 5. The molecule has 1 unspecified atom stereocenters. The van der Waals surface area contributed by atoms with Gasteiger partial charge >= 0.3 is 0 Å². The average molecular weight is 265 g/mol. The summed E-state index contributed by atoms with van der Waals surface area (Å²) >= 11 is 1.73. The van der Waals surface area contributed by atoms with Crippen molar-refractivity contribution in [3.05, 3.63) is 51.7 Å². The van der Waals surface area contributed by atoms with Crippen LogP contribution in [0.3, 0.4) is 0 Å².